The van der Waals surface area contributed by atoms with Gasteiger partial charge in [-0.3, -0.25) is 4.79 Å². The van der Waals surface area contributed by atoms with Gasteiger partial charge in [-0.25, -0.2) is 5.43 Å². The van der Waals surface area contributed by atoms with Gasteiger partial charge < -0.3 is 14.2 Å². The first-order valence-corrected chi connectivity index (χ1v) is 13.0. The minimum absolute atomic E-state index is 0.315. The Labute approximate surface area is 239 Å². The summed E-state index contributed by atoms with van der Waals surface area (Å²) in [5, 5.41) is 4.69. The van der Waals surface area contributed by atoms with Crippen LogP contribution < -0.4 is 19.6 Å². The average molecular weight is 614 g/mol. The van der Waals surface area contributed by atoms with Crippen LogP contribution in [0.1, 0.15) is 27.0 Å². The number of amides is 1. The molecule has 0 aliphatic heterocycles. The number of ether oxygens (including phenoxy) is 3. The SMILES string of the molecule is COc1cc(C(=O)N/N=C/c2cc(Cl)c(OCc3ccc(Br)cc3)c(Cl)c2)ccc1OCc1ccccc1. The van der Waals surface area contributed by atoms with E-state index in [9.17, 15) is 4.79 Å². The Morgan fingerprint density at radius 2 is 1.53 bits per heavy atom. The second kappa shape index (κ2) is 13.3. The predicted octanol–water partition coefficient (Wildman–Crippen LogP) is 7.69. The monoisotopic (exact) mass is 612 g/mol. The van der Waals surface area contributed by atoms with Gasteiger partial charge in [0.05, 0.1) is 23.4 Å². The number of carbonyl (C=O) groups excluding carboxylic acids is 1. The van der Waals surface area contributed by atoms with Crippen LogP contribution in [0.3, 0.4) is 0 Å². The Morgan fingerprint density at radius 3 is 2.21 bits per heavy atom. The lowest BCUT2D eigenvalue weighted by atomic mass is 10.2. The fraction of sp³-hybridized carbons (Fsp3) is 0.103. The lowest BCUT2D eigenvalue weighted by Crippen LogP contribution is -2.17. The van der Waals surface area contributed by atoms with E-state index in [1.54, 1.807) is 30.3 Å². The largest absolute Gasteiger partial charge is 0.493 e. The Hall–Kier alpha value is -3.52. The molecule has 0 bridgehead atoms. The highest BCUT2D eigenvalue weighted by Crippen LogP contribution is 2.34. The fourth-order valence-electron chi connectivity index (χ4n) is 3.42. The van der Waals surface area contributed by atoms with Crippen LogP contribution in [0.15, 0.2) is 94.5 Å². The molecular weight excluding hydrogens is 591 g/mol. The standard InChI is InChI=1S/C29H23BrCl2N2O4/c1-36-27-15-22(9-12-26(27)37-17-19-5-3-2-4-6-19)29(35)34-33-16-21-13-24(31)28(25(32)14-21)38-18-20-7-10-23(30)11-8-20/h2-16H,17-18H2,1H3,(H,34,35)/b33-16+. The zero-order valence-corrected chi connectivity index (χ0v) is 23.4. The first-order valence-electron chi connectivity index (χ1n) is 11.5. The van der Waals surface area contributed by atoms with Gasteiger partial charge in [-0.05, 0) is 59.2 Å². The van der Waals surface area contributed by atoms with Crippen molar-refractivity contribution in [1.29, 1.82) is 0 Å². The molecule has 0 atom stereocenters. The zero-order chi connectivity index (χ0) is 26.9. The number of methoxy groups -OCH3 is 1. The van der Waals surface area contributed by atoms with Gasteiger partial charge in [-0.2, -0.15) is 5.10 Å². The maximum atomic E-state index is 12.6. The van der Waals surface area contributed by atoms with E-state index in [0.717, 1.165) is 15.6 Å². The summed E-state index contributed by atoms with van der Waals surface area (Å²) in [4.78, 5) is 12.6. The molecule has 9 heteroatoms. The van der Waals surface area contributed by atoms with Crippen molar-refractivity contribution in [3.63, 3.8) is 0 Å². The molecule has 0 fully saturated rings. The molecule has 0 spiro atoms. The molecule has 194 valence electrons. The van der Waals surface area contributed by atoms with Crippen molar-refractivity contribution in [1.82, 2.24) is 5.43 Å². The lowest BCUT2D eigenvalue weighted by Gasteiger charge is -2.12. The van der Waals surface area contributed by atoms with E-state index in [1.165, 1.54) is 13.3 Å². The third-order valence-corrected chi connectivity index (χ3v) is 6.45. The molecule has 0 aliphatic carbocycles. The molecule has 0 heterocycles. The van der Waals surface area contributed by atoms with E-state index in [-0.39, 0.29) is 0 Å². The fourth-order valence-corrected chi connectivity index (χ4v) is 4.30. The summed E-state index contributed by atoms with van der Waals surface area (Å²) in [5.41, 5.74) is 5.45. The molecule has 0 saturated carbocycles. The number of nitrogens with zero attached hydrogens (tertiary/aromatic N) is 1. The number of benzene rings is 4. The van der Waals surface area contributed by atoms with Gasteiger partial charge >= 0.3 is 0 Å². The summed E-state index contributed by atoms with van der Waals surface area (Å²) in [7, 11) is 1.52. The third-order valence-electron chi connectivity index (χ3n) is 5.36. The number of hydrogen-bond acceptors (Lipinski definition) is 5. The lowest BCUT2D eigenvalue weighted by molar-refractivity contribution is 0.0954. The van der Waals surface area contributed by atoms with Crippen LogP contribution in [-0.2, 0) is 13.2 Å². The van der Waals surface area contributed by atoms with Gasteiger partial charge in [0.15, 0.2) is 17.2 Å². The molecule has 1 N–H and O–H groups in total. The second-order valence-electron chi connectivity index (χ2n) is 8.07. The Kier molecular flexibility index (Phi) is 9.65. The van der Waals surface area contributed by atoms with E-state index in [4.69, 9.17) is 37.4 Å². The Morgan fingerprint density at radius 1 is 0.868 bits per heavy atom. The first-order chi connectivity index (χ1) is 18.4. The summed E-state index contributed by atoms with van der Waals surface area (Å²) in [6.45, 7) is 0.696. The van der Waals surface area contributed by atoms with Crippen molar-refractivity contribution in [2.24, 2.45) is 5.10 Å². The highest BCUT2D eigenvalue weighted by molar-refractivity contribution is 9.10. The van der Waals surface area contributed by atoms with Crippen molar-refractivity contribution in [3.8, 4) is 17.2 Å². The molecule has 0 radical (unpaired) electrons. The van der Waals surface area contributed by atoms with E-state index in [2.05, 4.69) is 26.5 Å². The number of hydrogen-bond donors (Lipinski definition) is 1. The number of rotatable bonds is 10. The molecule has 0 aromatic heterocycles. The van der Waals surface area contributed by atoms with Gasteiger partial charge in [-0.1, -0.05) is 81.6 Å². The van der Waals surface area contributed by atoms with Crippen LogP contribution in [0.5, 0.6) is 17.2 Å². The minimum atomic E-state index is -0.416. The topological polar surface area (TPSA) is 69.2 Å². The van der Waals surface area contributed by atoms with Crippen LogP contribution in [0, 0.1) is 0 Å². The average Bonchev–Trinajstić information content (AvgIpc) is 2.93. The summed E-state index contributed by atoms with van der Waals surface area (Å²) < 4.78 is 18.0. The van der Waals surface area contributed by atoms with E-state index in [0.29, 0.717) is 51.6 Å². The van der Waals surface area contributed by atoms with E-state index in [1.807, 2.05) is 54.6 Å². The molecule has 0 aliphatic rings. The number of nitrogens with one attached hydrogen (secondary N) is 1. The molecular formula is C29H23BrCl2N2O4. The first kappa shape index (κ1) is 27.5. The van der Waals surface area contributed by atoms with Crippen LogP contribution in [0.25, 0.3) is 0 Å². The number of hydrazone groups is 1. The quantitative estimate of drug-likeness (QED) is 0.147. The number of halogens is 3. The summed E-state index contributed by atoms with van der Waals surface area (Å²) in [6, 6.07) is 25.7. The molecule has 38 heavy (non-hydrogen) atoms. The predicted molar refractivity (Wildman–Crippen MR) is 154 cm³/mol. The van der Waals surface area contributed by atoms with Crippen LogP contribution in [-0.4, -0.2) is 19.2 Å². The molecule has 4 aromatic rings. The van der Waals surface area contributed by atoms with Crippen molar-refractivity contribution < 1.29 is 19.0 Å². The zero-order valence-electron chi connectivity index (χ0n) is 20.3. The van der Waals surface area contributed by atoms with Crippen LogP contribution in [0.2, 0.25) is 10.0 Å². The summed E-state index contributed by atoms with van der Waals surface area (Å²) in [6.07, 6.45) is 1.45. The minimum Gasteiger partial charge on any atom is -0.493 e. The maximum Gasteiger partial charge on any atom is 0.271 e. The van der Waals surface area contributed by atoms with Gasteiger partial charge in [0.2, 0.25) is 0 Å². The number of carbonyl (C=O) groups is 1. The molecule has 1 amide bonds. The van der Waals surface area contributed by atoms with Gasteiger partial charge in [0.25, 0.3) is 5.91 Å². The normalized spacial score (nSPS) is 10.8. The van der Waals surface area contributed by atoms with Gasteiger partial charge in [0.1, 0.15) is 13.2 Å². The highest BCUT2D eigenvalue weighted by atomic mass is 79.9. The Balaban J connectivity index is 1.36. The molecule has 4 rings (SSSR count). The van der Waals surface area contributed by atoms with Crippen molar-refractivity contribution in [2.45, 2.75) is 13.2 Å². The van der Waals surface area contributed by atoms with Gasteiger partial charge in [0, 0.05) is 10.0 Å². The molecule has 6 nitrogen and oxygen atoms in total. The summed E-state index contributed by atoms with van der Waals surface area (Å²) in [5.74, 6) is 0.929. The van der Waals surface area contributed by atoms with E-state index >= 15 is 0 Å². The molecule has 0 unspecified atom stereocenters. The summed E-state index contributed by atoms with van der Waals surface area (Å²) >= 11 is 16.2. The van der Waals surface area contributed by atoms with Crippen LogP contribution in [0.4, 0.5) is 0 Å². The van der Waals surface area contributed by atoms with E-state index < -0.39 is 5.91 Å². The van der Waals surface area contributed by atoms with Crippen LogP contribution >= 0.6 is 39.1 Å². The van der Waals surface area contributed by atoms with Crippen molar-refractivity contribution >= 4 is 51.3 Å². The molecule has 0 saturated heterocycles. The third kappa shape index (κ3) is 7.51. The van der Waals surface area contributed by atoms with Gasteiger partial charge in [-0.15, -0.1) is 0 Å². The maximum absolute atomic E-state index is 12.6. The van der Waals surface area contributed by atoms with Crippen molar-refractivity contribution in [3.05, 3.63) is 122 Å². The highest BCUT2D eigenvalue weighted by Gasteiger charge is 2.12. The second-order valence-corrected chi connectivity index (χ2v) is 9.80. The molecule has 4 aromatic carbocycles. The van der Waals surface area contributed by atoms with Crippen molar-refractivity contribution in [2.75, 3.05) is 7.11 Å². The smallest absolute Gasteiger partial charge is 0.271 e. The Bertz CT molecular complexity index is 1410.